The number of nitrogens with zero attached hydrogens (tertiary/aromatic N) is 1. The van der Waals surface area contributed by atoms with Gasteiger partial charge in [-0.3, -0.25) is 29.0 Å². The van der Waals surface area contributed by atoms with Crippen LogP contribution in [0.4, 0.5) is 0 Å². The topological polar surface area (TPSA) is 302 Å². The van der Waals surface area contributed by atoms with Crippen molar-refractivity contribution >= 4 is 54.2 Å². The van der Waals surface area contributed by atoms with Crippen molar-refractivity contribution in [3.8, 4) is 0 Å². The molecule has 0 aromatic carbocycles. The van der Waals surface area contributed by atoms with E-state index in [4.69, 9.17) is 32.5 Å². The van der Waals surface area contributed by atoms with Crippen LogP contribution >= 0.6 is 12.6 Å². The lowest BCUT2D eigenvalue weighted by Gasteiger charge is -2.23. The lowest BCUT2D eigenvalue weighted by molar-refractivity contribution is -0.143. The SMILES string of the molecule is NC(N)=NCCC[C@H](NC(=O)[C@@H](N)CS)C(=O)N[C@@H](CC(=O)O)C(=O)NCC(=O)N[C@@H](CO)C(=O)O. The second kappa shape index (κ2) is 16.9. The first-order valence-electron chi connectivity index (χ1n) is 10.5. The number of aliphatic imine (C=N–C) groups is 1. The third kappa shape index (κ3) is 13.3. The van der Waals surface area contributed by atoms with Crippen molar-refractivity contribution in [2.24, 2.45) is 22.2 Å². The minimum absolute atomic E-state index is 0.00476. The van der Waals surface area contributed by atoms with Crippen molar-refractivity contribution < 1.29 is 44.1 Å². The van der Waals surface area contributed by atoms with Crippen molar-refractivity contribution in [2.75, 3.05) is 25.4 Å². The van der Waals surface area contributed by atoms with E-state index >= 15 is 0 Å². The van der Waals surface area contributed by atoms with Crippen molar-refractivity contribution in [2.45, 2.75) is 43.4 Å². The Labute approximate surface area is 211 Å². The molecule has 0 unspecified atom stereocenters. The number of aliphatic hydroxyl groups is 1. The van der Waals surface area contributed by atoms with E-state index in [1.165, 1.54) is 0 Å². The maximum atomic E-state index is 12.8. The van der Waals surface area contributed by atoms with E-state index in [1.807, 2.05) is 5.32 Å². The zero-order valence-corrected chi connectivity index (χ0v) is 20.1. The van der Waals surface area contributed by atoms with Gasteiger partial charge in [-0.15, -0.1) is 0 Å². The van der Waals surface area contributed by atoms with Crippen LogP contribution in [-0.2, 0) is 28.8 Å². The lowest BCUT2D eigenvalue weighted by atomic mass is 10.1. The number of aliphatic hydroxyl groups excluding tert-OH is 1. The molecule has 0 aliphatic heterocycles. The molecule has 4 atom stereocenters. The summed E-state index contributed by atoms with van der Waals surface area (Å²) in [5.41, 5.74) is 16.1. The summed E-state index contributed by atoms with van der Waals surface area (Å²) in [6.45, 7) is -1.57. The van der Waals surface area contributed by atoms with Gasteiger partial charge in [-0.2, -0.15) is 12.6 Å². The molecule has 204 valence electrons. The van der Waals surface area contributed by atoms with Gasteiger partial charge < -0.3 is 53.8 Å². The lowest BCUT2D eigenvalue weighted by Crippen LogP contribution is -2.57. The van der Waals surface area contributed by atoms with Crippen LogP contribution in [0.2, 0.25) is 0 Å². The predicted octanol–water partition coefficient (Wildman–Crippen LogP) is -5.58. The van der Waals surface area contributed by atoms with Gasteiger partial charge in [0.25, 0.3) is 0 Å². The average molecular weight is 537 g/mol. The van der Waals surface area contributed by atoms with Crippen molar-refractivity contribution in [3.63, 3.8) is 0 Å². The number of carbonyl (C=O) groups is 6. The minimum Gasteiger partial charge on any atom is -0.481 e. The maximum absolute atomic E-state index is 12.8. The van der Waals surface area contributed by atoms with Crippen LogP contribution in [0.1, 0.15) is 19.3 Å². The molecule has 0 fully saturated rings. The van der Waals surface area contributed by atoms with E-state index < -0.39 is 79.3 Å². The summed E-state index contributed by atoms with van der Waals surface area (Å²) in [6, 6.07) is -5.57. The van der Waals surface area contributed by atoms with Gasteiger partial charge in [-0.05, 0) is 12.8 Å². The van der Waals surface area contributed by atoms with Gasteiger partial charge in [-0.1, -0.05) is 0 Å². The van der Waals surface area contributed by atoms with Crippen LogP contribution in [-0.4, -0.2) is 106 Å². The molecule has 0 radical (unpaired) electrons. The third-order valence-corrected chi connectivity index (χ3v) is 4.76. The summed E-state index contributed by atoms with van der Waals surface area (Å²) >= 11 is 3.91. The van der Waals surface area contributed by atoms with Crippen LogP contribution < -0.4 is 38.5 Å². The number of nitrogens with one attached hydrogen (secondary N) is 4. The van der Waals surface area contributed by atoms with Gasteiger partial charge >= 0.3 is 11.9 Å². The molecule has 0 bridgehead atoms. The molecule has 0 saturated carbocycles. The summed E-state index contributed by atoms with van der Waals surface area (Å²) in [5.74, 6) is -6.90. The highest BCUT2D eigenvalue weighted by atomic mass is 32.1. The molecule has 0 rings (SSSR count). The number of carboxylic acid groups (broad SMARTS) is 2. The normalized spacial score (nSPS) is 13.8. The number of carbonyl (C=O) groups excluding carboxylic acids is 4. The molecule has 0 saturated heterocycles. The van der Waals surface area contributed by atoms with Gasteiger partial charge in [0.05, 0.1) is 25.6 Å². The van der Waals surface area contributed by atoms with Crippen LogP contribution in [0.25, 0.3) is 0 Å². The maximum Gasteiger partial charge on any atom is 0.328 e. The first kappa shape index (κ1) is 32.4. The summed E-state index contributed by atoms with van der Waals surface area (Å²) in [4.78, 5) is 75.0. The fourth-order valence-corrected chi connectivity index (χ4v) is 2.68. The first-order chi connectivity index (χ1) is 16.8. The Morgan fingerprint density at radius 2 is 1.50 bits per heavy atom. The quantitative estimate of drug-likeness (QED) is 0.0359. The van der Waals surface area contributed by atoms with E-state index in [-0.39, 0.29) is 31.1 Å². The van der Waals surface area contributed by atoms with Gasteiger partial charge in [0.15, 0.2) is 5.96 Å². The first-order valence-corrected chi connectivity index (χ1v) is 11.1. The third-order valence-electron chi connectivity index (χ3n) is 4.36. The van der Waals surface area contributed by atoms with Gasteiger partial charge in [0, 0.05) is 12.3 Å². The fourth-order valence-electron chi connectivity index (χ4n) is 2.51. The van der Waals surface area contributed by atoms with E-state index in [9.17, 15) is 28.8 Å². The monoisotopic (exact) mass is 536 g/mol. The Morgan fingerprint density at radius 3 is 2.00 bits per heavy atom. The number of thiol groups is 1. The average Bonchev–Trinajstić information content (AvgIpc) is 2.80. The molecule has 0 spiro atoms. The smallest absolute Gasteiger partial charge is 0.328 e. The minimum atomic E-state index is -1.66. The Bertz CT molecular complexity index is 837. The number of hydrogen-bond acceptors (Lipinski definition) is 10. The Kier molecular flexibility index (Phi) is 15.2. The van der Waals surface area contributed by atoms with Gasteiger partial charge in [-0.25, -0.2) is 4.79 Å². The molecule has 0 aromatic rings. The van der Waals surface area contributed by atoms with Gasteiger partial charge in [0.2, 0.25) is 23.6 Å². The number of guanidine groups is 1. The van der Waals surface area contributed by atoms with Crippen molar-refractivity contribution in [1.29, 1.82) is 0 Å². The number of aliphatic carboxylic acids is 2. The Morgan fingerprint density at radius 1 is 0.889 bits per heavy atom. The van der Waals surface area contributed by atoms with E-state index in [0.717, 1.165) is 0 Å². The van der Waals surface area contributed by atoms with Crippen LogP contribution in [0.15, 0.2) is 4.99 Å². The molecule has 0 heterocycles. The molecule has 13 N–H and O–H groups in total. The Balaban J connectivity index is 5.35. The molecule has 36 heavy (non-hydrogen) atoms. The van der Waals surface area contributed by atoms with Crippen molar-refractivity contribution in [1.82, 2.24) is 21.3 Å². The van der Waals surface area contributed by atoms with E-state index in [1.54, 1.807) is 0 Å². The molecule has 0 aliphatic rings. The zero-order valence-electron chi connectivity index (χ0n) is 19.2. The summed E-state index contributed by atoms with van der Waals surface area (Å²) in [7, 11) is 0. The van der Waals surface area contributed by atoms with Crippen LogP contribution in [0.3, 0.4) is 0 Å². The summed E-state index contributed by atoms with van der Waals surface area (Å²) in [5, 5.41) is 35.4. The summed E-state index contributed by atoms with van der Waals surface area (Å²) in [6.07, 6.45) is -0.661. The number of amides is 4. The molecular formula is C18H32N8O9S. The zero-order chi connectivity index (χ0) is 27.8. The molecule has 18 heteroatoms. The molecule has 17 nitrogen and oxygen atoms in total. The molecule has 0 aliphatic carbocycles. The van der Waals surface area contributed by atoms with Gasteiger partial charge in [0.1, 0.15) is 18.1 Å². The highest BCUT2D eigenvalue weighted by Gasteiger charge is 2.29. The molecule has 0 aromatic heterocycles. The number of hydrogen-bond donors (Lipinski definition) is 11. The predicted molar refractivity (Wildman–Crippen MR) is 128 cm³/mol. The highest BCUT2D eigenvalue weighted by Crippen LogP contribution is 2.03. The number of nitrogens with two attached hydrogens (primary N) is 3. The molecule has 4 amide bonds. The van der Waals surface area contributed by atoms with E-state index in [2.05, 4.69) is 33.6 Å². The second-order valence-corrected chi connectivity index (χ2v) is 7.68. The standard InChI is InChI=1S/C18H32N8O9S/c19-8(7-36)14(31)25-9(2-1-3-22-18(20)21)16(33)26-10(4-13(29)30)15(32)23-5-12(28)24-11(6-27)17(34)35/h8-11,27,36H,1-7,19H2,(H,23,32)(H,24,28)(H,25,31)(H,26,33)(H,29,30)(H,34,35)(H4,20,21,22)/t8-,9-,10-,11-/m0/s1. The number of carboxylic acids is 2. The second-order valence-electron chi connectivity index (χ2n) is 7.32. The fraction of sp³-hybridized carbons (Fsp3) is 0.611. The Hall–Kier alpha value is -3.64. The highest BCUT2D eigenvalue weighted by molar-refractivity contribution is 7.80. The summed E-state index contributed by atoms with van der Waals surface area (Å²) < 4.78 is 0. The largest absolute Gasteiger partial charge is 0.481 e. The van der Waals surface area contributed by atoms with Crippen LogP contribution in [0, 0.1) is 0 Å². The van der Waals surface area contributed by atoms with E-state index in [0.29, 0.717) is 0 Å². The van der Waals surface area contributed by atoms with Crippen molar-refractivity contribution in [3.05, 3.63) is 0 Å². The number of rotatable bonds is 17. The van der Waals surface area contributed by atoms with Crippen LogP contribution in [0.5, 0.6) is 0 Å². The molecular weight excluding hydrogens is 504 g/mol.